The number of rotatable bonds is 4. The number of aryl methyl sites for hydroxylation is 1. The van der Waals surface area contributed by atoms with Crippen LogP contribution in [0.1, 0.15) is 11.9 Å². The van der Waals surface area contributed by atoms with Crippen LogP contribution in [-0.4, -0.2) is 28.8 Å². The van der Waals surface area contributed by atoms with E-state index in [1.807, 2.05) is 6.92 Å². The molecule has 10 heteroatoms. The van der Waals surface area contributed by atoms with E-state index >= 15 is 0 Å². The van der Waals surface area contributed by atoms with E-state index < -0.39 is 10.0 Å². The molecule has 8 nitrogen and oxygen atoms in total. The molecule has 92 valence electrons. The minimum absolute atomic E-state index is 0.0160. The zero-order chi connectivity index (χ0) is 12.5. The second kappa shape index (κ2) is 4.30. The molecule has 2 heterocycles. The molecule has 0 atom stereocenters. The fourth-order valence-electron chi connectivity index (χ4n) is 1.11. The number of aromatic amines is 1. The number of nitrogens with two attached hydrogens (primary N) is 1. The van der Waals surface area contributed by atoms with Crippen LogP contribution < -0.4 is 10.5 Å². The summed E-state index contributed by atoms with van der Waals surface area (Å²) < 4.78 is 26.0. The van der Waals surface area contributed by atoms with E-state index in [0.29, 0.717) is 6.42 Å². The second-order valence-corrected chi connectivity index (χ2v) is 5.82. The van der Waals surface area contributed by atoms with E-state index in [9.17, 15) is 8.42 Å². The molecular weight excluding hydrogens is 264 g/mol. The molecule has 0 bridgehead atoms. The zero-order valence-electron chi connectivity index (χ0n) is 8.84. The Morgan fingerprint density at radius 3 is 2.82 bits per heavy atom. The van der Waals surface area contributed by atoms with Crippen LogP contribution in [0.2, 0.25) is 0 Å². The minimum atomic E-state index is -3.76. The van der Waals surface area contributed by atoms with Crippen LogP contribution in [0.25, 0.3) is 0 Å². The van der Waals surface area contributed by atoms with Crippen molar-refractivity contribution in [1.82, 2.24) is 20.4 Å². The summed E-state index contributed by atoms with van der Waals surface area (Å²) in [5.74, 6) is -0.0160. The van der Waals surface area contributed by atoms with Crippen molar-refractivity contribution in [1.29, 1.82) is 0 Å². The molecule has 0 aliphatic heterocycles. The number of anilines is 2. The highest BCUT2D eigenvalue weighted by molar-refractivity contribution is 7.93. The predicted octanol–water partition coefficient (Wildman–Crippen LogP) is 0.207. The number of hydrogen-bond donors (Lipinski definition) is 3. The van der Waals surface area contributed by atoms with Gasteiger partial charge in [-0.2, -0.15) is 5.10 Å². The number of sulfonamides is 1. The first kappa shape index (κ1) is 11.8. The molecule has 4 N–H and O–H groups in total. The summed E-state index contributed by atoms with van der Waals surface area (Å²) in [7, 11) is -3.76. The van der Waals surface area contributed by atoms with Crippen LogP contribution in [0.4, 0.5) is 10.9 Å². The Morgan fingerprint density at radius 1 is 1.53 bits per heavy atom. The molecule has 0 radical (unpaired) electrons. The van der Waals surface area contributed by atoms with E-state index in [-0.39, 0.29) is 15.8 Å². The molecule has 0 aromatic carbocycles. The Balaban J connectivity index is 2.26. The van der Waals surface area contributed by atoms with Gasteiger partial charge in [-0.1, -0.05) is 18.3 Å². The quantitative estimate of drug-likeness (QED) is 0.731. The average Bonchev–Trinajstić information content (AvgIpc) is 2.86. The van der Waals surface area contributed by atoms with Gasteiger partial charge >= 0.3 is 0 Å². The highest BCUT2D eigenvalue weighted by atomic mass is 32.2. The summed E-state index contributed by atoms with van der Waals surface area (Å²) in [4.78, 5) is -0.106. The van der Waals surface area contributed by atoms with Crippen molar-refractivity contribution in [3.05, 3.63) is 11.2 Å². The van der Waals surface area contributed by atoms with Crippen LogP contribution in [0, 0.1) is 0 Å². The lowest BCUT2D eigenvalue weighted by Crippen LogP contribution is -2.13. The molecule has 0 unspecified atom stereocenters. The number of nitrogens with one attached hydrogen (secondary N) is 2. The van der Waals surface area contributed by atoms with Gasteiger partial charge in [0.05, 0.1) is 6.20 Å². The Labute approximate surface area is 101 Å². The minimum Gasteiger partial charge on any atom is -0.383 e. The van der Waals surface area contributed by atoms with Crippen LogP contribution in [0.5, 0.6) is 0 Å². The van der Waals surface area contributed by atoms with Crippen molar-refractivity contribution < 1.29 is 8.42 Å². The van der Waals surface area contributed by atoms with Crippen molar-refractivity contribution in [3.63, 3.8) is 0 Å². The molecule has 0 aliphatic carbocycles. The molecule has 0 aliphatic rings. The smallest absolute Gasteiger partial charge is 0.268 e. The molecule has 0 saturated heterocycles. The maximum Gasteiger partial charge on any atom is 0.268 e. The molecule has 0 fully saturated rings. The summed E-state index contributed by atoms with van der Waals surface area (Å²) in [5, 5.41) is 14.4. The number of nitrogens with zero attached hydrogens (tertiary/aromatic N) is 3. The Hall–Kier alpha value is -1.68. The van der Waals surface area contributed by atoms with Crippen LogP contribution in [0.15, 0.2) is 11.1 Å². The molecular formula is C7H10N6O2S2. The largest absolute Gasteiger partial charge is 0.383 e. The predicted molar refractivity (Wildman–Crippen MR) is 63.1 cm³/mol. The summed E-state index contributed by atoms with van der Waals surface area (Å²) in [6, 6.07) is 0. The van der Waals surface area contributed by atoms with Gasteiger partial charge in [0, 0.05) is 0 Å². The van der Waals surface area contributed by atoms with Crippen molar-refractivity contribution >= 4 is 32.3 Å². The van der Waals surface area contributed by atoms with Gasteiger partial charge in [-0.3, -0.25) is 9.82 Å². The molecule has 2 aromatic rings. The van der Waals surface area contributed by atoms with Gasteiger partial charge in [0.1, 0.15) is 15.7 Å². The molecule has 0 amide bonds. The third-order valence-corrected chi connectivity index (χ3v) is 4.39. The van der Waals surface area contributed by atoms with E-state index in [4.69, 9.17) is 5.73 Å². The topological polar surface area (TPSA) is 127 Å². The summed E-state index contributed by atoms with van der Waals surface area (Å²) >= 11 is 1.18. The molecule has 2 rings (SSSR count). The molecule has 2 aromatic heterocycles. The van der Waals surface area contributed by atoms with Gasteiger partial charge in [-0.15, -0.1) is 10.2 Å². The average molecular weight is 274 g/mol. The van der Waals surface area contributed by atoms with Crippen molar-refractivity contribution in [2.24, 2.45) is 0 Å². The SMILES string of the molecule is CCc1nnc(NS(=O)(=O)c2cn[nH]c2N)s1. The molecule has 0 spiro atoms. The highest BCUT2D eigenvalue weighted by Gasteiger charge is 2.21. The monoisotopic (exact) mass is 274 g/mol. The summed E-state index contributed by atoms with van der Waals surface area (Å²) in [5.41, 5.74) is 5.44. The maximum absolute atomic E-state index is 11.9. The Morgan fingerprint density at radius 2 is 2.29 bits per heavy atom. The second-order valence-electron chi connectivity index (χ2n) is 3.11. The van der Waals surface area contributed by atoms with Crippen molar-refractivity contribution in [3.8, 4) is 0 Å². The first-order chi connectivity index (χ1) is 8.03. The number of hydrogen-bond acceptors (Lipinski definition) is 7. The summed E-state index contributed by atoms with van der Waals surface area (Å²) in [6.45, 7) is 1.91. The highest BCUT2D eigenvalue weighted by Crippen LogP contribution is 2.21. The van der Waals surface area contributed by atoms with Crippen molar-refractivity contribution in [2.45, 2.75) is 18.2 Å². The van der Waals surface area contributed by atoms with Crippen molar-refractivity contribution in [2.75, 3.05) is 10.5 Å². The Bertz CT molecular complexity index is 616. The first-order valence-corrected chi connectivity index (χ1v) is 6.97. The standard InChI is InChI=1S/C7H10N6O2S2/c1-2-5-10-12-7(16-5)13-17(14,15)4-3-9-11-6(4)8/h3H,2H2,1H3,(H,12,13)(H3,8,9,11). The van der Waals surface area contributed by atoms with Gasteiger partial charge in [0.25, 0.3) is 10.0 Å². The molecule has 0 saturated carbocycles. The van der Waals surface area contributed by atoms with Gasteiger partial charge in [-0.25, -0.2) is 8.42 Å². The van der Waals surface area contributed by atoms with Gasteiger partial charge in [0.15, 0.2) is 0 Å². The van der Waals surface area contributed by atoms with Gasteiger partial charge in [0.2, 0.25) is 5.13 Å². The number of aromatic nitrogens is 4. The maximum atomic E-state index is 11.9. The normalized spacial score (nSPS) is 11.6. The van der Waals surface area contributed by atoms with E-state index in [0.717, 1.165) is 11.2 Å². The van der Waals surface area contributed by atoms with Crippen LogP contribution in [-0.2, 0) is 16.4 Å². The third kappa shape index (κ3) is 2.36. The van der Waals surface area contributed by atoms with Crippen LogP contribution >= 0.6 is 11.3 Å². The van der Waals surface area contributed by atoms with E-state index in [1.165, 1.54) is 11.3 Å². The lowest BCUT2D eigenvalue weighted by atomic mass is 10.5. The fourth-order valence-corrected chi connectivity index (χ4v) is 3.04. The zero-order valence-corrected chi connectivity index (χ0v) is 10.5. The van der Waals surface area contributed by atoms with Gasteiger partial charge in [-0.05, 0) is 6.42 Å². The van der Waals surface area contributed by atoms with E-state index in [1.54, 1.807) is 0 Å². The molecule has 17 heavy (non-hydrogen) atoms. The number of H-pyrrole nitrogens is 1. The summed E-state index contributed by atoms with van der Waals surface area (Å²) in [6.07, 6.45) is 1.84. The van der Waals surface area contributed by atoms with Crippen LogP contribution in [0.3, 0.4) is 0 Å². The third-order valence-electron chi connectivity index (χ3n) is 1.91. The number of nitrogen functional groups attached to an aromatic ring is 1. The lowest BCUT2D eigenvalue weighted by molar-refractivity contribution is 0.601. The lowest BCUT2D eigenvalue weighted by Gasteiger charge is -2.01. The first-order valence-electron chi connectivity index (χ1n) is 4.67. The van der Waals surface area contributed by atoms with E-state index in [2.05, 4.69) is 25.1 Å². The Kier molecular flexibility index (Phi) is 2.98. The fraction of sp³-hybridized carbons (Fsp3) is 0.286. The van der Waals surface area contributed by atoms with Gasteiger partial charge < -0.3 is 5.73 Å².